The third-order valence-electron chi connectivity index (χ3n) is 5.17. The smallest absolute Gasteiger partial charge is 0.295 e. The molecule has 3 rings (SSSR count). The van der Waals surface area contributed by atoms with Crippen LogP contribution in [0.4, 0.5) is 0 Å². The van der Waals surface area contributed by atoms with Gasteiger partial charge in [-0.3, -0.25) is 9.59 Å². The Morgan fingerprint density at radius 2 is 1.84 bits per heavy atom. The van der Waals surface area contributed by atoms with Gasteiger partial charge in [-0.1, -0.05) is 30.7 Å². The summed E-state index contributed by atoms with van der Waals surface area (Å²) in [4.78, 5) is 27.1. The van der Waals surface area contributed by atoms with Crippen molar-refractivity contribution in [2.75, 3.05) is 26.9 Å². The monoisotopic (exact) mass is 443 g/mol. The molecular weight excluding hydrogens is 418 g/mol. The molecule has 7 heteroatoms. The number of aryl methyl sites for hydroxylation is 1. The van der Waals surface area contributed by atoms with Gasteiger partial charge in [0, 0.05) is 24.2 Å². The van der Waals surface area contributed by atoms with Crippen molar-refractivity contribution in [3.8, 4) is 5.75 Å². The van der Waals surface area contributed by atoms with Gasteiger partial charge in [-0.25, -0.2) is 0 Å². The Morgan fingerprint density at radius 1 is 1.13 bits per heavy atom. The van der Waals surface area contributed by atoms with Crippen molar-refractivity contribution in [2.24, 2.45) is 0 Å². The molecule has 2 aromatic rings. The van der Waals surface area contributed by atoms with E-state index >= 15 is 0 Å². The fourth-order valence-corrected chi connectivity index (χ4v) is 3.74. The Balaban J connectivity index is 2.09. The van der Waals surface area contributed by atoms with Crippen LogP contribution in [0, 0.1) is 6.92 Å². The third kappa shape index (κ3) is 4.75. The van der Waals surface area contributed by atoms with Gasteiger partial charge in [0.05, 0.1) is 24.8 Å². The molecule has 1 amide bonds. The Hall–Kier alpha value is -2.83. The average molecular weight is 444 g/mol. The maximum absolute atomic E-state index is 12.9. The number of ketones is 1. The molecule has 0 bridgehead atoms. The van der Waals surface area contributed by atoms with Gasteiger partial charge in [0.25, 0.3) is 11.7 Å². The molecule has 0 radical (unpaired) electrons. The lowest BCUT2D eigenvalue weighted by Crippen LogP contribution is -2.32. The third-order valence-corrected chi connectivity index (χ3v) is 5.42. The highest BCUT2D eigenvalue weighted by atomic mass is 35.5. The standard InChI is InChI=1S/C24H26ClNO5/c1-4-12-31-19-10-7-17(14-15(19)2)22(27)20-21(16-5-8-18(25)9-6-16)26(11-13-30-3)24(29)23(20)28/h5-10,14,21,27H,4,11-13H2,1-3H3/b22-20-. The Labute approximate surface area is 187 Å². The van der Waals surface area contributed by atoms with Crippen molar-refractivity contribution in [1.82, 2.24) is 4.90 Å². The van der Waals surface area contributed by atoms with Gasteiger partial charge in [-0.05, 0) is 54.8 Å². The number of nitrogens with zero attached hydrogens (tertiary/aromatic N) is 1. The Bertz CT molecular complexity index is 1000. The van der Waals surface area contributed by atoms with Crippen molar-refractivity contribution in [2.45, 2.75) is 26.3 Å². The number of carbonyl (C=O) groups excluding carboxylic acids is 2. The summed E-state index contributed by atoms with van der Waals surface area (Å²) in [7, 11) is 1.53. The lowest BCUT2D eigenvalue weighted by atomic mass is 9.95. The van der Waals surface area contributed by atoms with Crippen LogP contribution in [-0.2, 0) is 14.3 Å². The second-order valence-electron chi connectivity index (χ2n) is 7.37. The van der Waals surface area contributed by atoms with Crippen LogP contribution in [0.25, 0.3) is 5.76 Å². The number of methoxy groups -OCH3 is 1. The highest BCUT2D eigenvalue weighted by Crippen LogP contribution is 2.40. The molecule has 164 valence electrons. The highest BCUT2D eigenvalue weighted by Gasteiger charge is 2.45. The van der Waals surface area contributed by atoms with Gasteiger partial charge in [-0.15, -0.1) is 0 Å². The first-order valence-corrected chi connectivity index (χ1v) is 10.5. The second-order valence-corrected chi connectivity index (χ2v) is 7.80. The molecule has 1 atom stereocenters. The number of aliphatic hydroxyl groups is 1. The number of aliphatic hydroxyl groups excluding tert-OH is 1. The number of carbonyl (C=O) groups is 2. The normalized spacial score (nSPS) is 17.9. The molecule has 1 aliphatic rings. The number of likely N-dealkylation sites (tertiary alicyclic amines) is 1. The molecule has 0 aromatic heterocycles. The summed E-state index contributed by atoms with van der Waals surface area (Å²) in [6.45, 7) is 4.96. The van der Waals surface area contributed by atoms with Crippen LogP contribution in [0.3, 0.4) is 0 Å². The molecule has 1 saturated heterocycles. The summed E-state index contributed by atoms with van der Waals surface area (Å²) in [6, 6.07) is 11.4. The Morgan fingerprint density at radius 3 is 2.45 bits per heavy atom. The summed E-state index contributed by atoms with van der Waals surface area (Å²) in [5.41, 5.74) is 2.00. The average Bonchev–Trinajstić information content (AvgIpc) is 3.01. The zero-order valence-electron chi connectivity index (χ0n) is 17.9. The molecule has 31 heavy (non-hydrogen) atoms. The van der Waals surface area contributed by atoms with E-state index in [9.17, 15) is 14.7 Å². The van der Waals surface area contributed by atoms with Crippen LogP contribution < -0.4 is 4.74 Å². The number of amides is 1. The van der Waals surface area contributed by atoms with E-state index in [0.717, 1.165) is 12.0 Å². The topological polar surface area (TPSA) is 76.1 Å². The molecule has 0 aliphatic carbocycles. The fourth-order valence-electron chi connectivity index (χ4n) is 3.62. The zero-order valence-corrected chi connectivity index (χ0v) is 18.6. The van der Waals surface area contributed by atoms with Gasteiger partial charge in [0.15, 0.2) is 0 Å². The quantitative estimate of drug-likeness (QED) is 0.369. The highest BCUT2D eigenvalue weighted by molar-refractivity contribution is 6.46. The molecule has 1 heterocycles. The molecule has 1 aliphatic heterocycles. The number of Topliss-reactive ketones (excluding diaryl/α,β-unsaturated/α-hetero) is 1. The van der Waals surface area contributed by atoms with Gasteiger partial charge >= 0.3 is 0 Å². The molecule has 1 fully saturated rings. The molecule has 1 unspecified atom stereocenters. The molecule has 0 spiro atoms. The van der Waals surface area contributed by atoms with Gasteiger partial charge in [0.1, 0.15) is 11.5 Å². The first kappa shape index (κ1) is 22.8. The van der Waals surface area contributed by atoms with Gasteiger partial charge in [0.2, 0.25) is 0 Å². The summed E-state index contributed by atoms with van der Waals surface area (Å²) < 4.78 is 10.8. The van der Waals surface area contributed by atoms with Crippen LogP contribution in [-0.4, -0.2) is 48.6 Å². The van der Waals surface area contributed by atoms with E-state index in [1.54, 1.807) is 42.5 Å². The minimum Gasteiger partial charge on any atom is -0.507 e. The van der Waals surface area contributed by atoms with Crippen LogP contribution in [0.2, 0.25) is 5.02 Å². The van der Waals surface area contributed by atoms with Crippen molar-refractivity contribution in [3.63, 3.8) is 0 Å². The minimum atomic E-state index is -0.733. The first-order chi connectivity index (χ1) is 14.9. The van der Waals surface area contributed by atoms with E-state index < -0.39 is 17.7 Å². The molecule has 6 nitrogen and oxygen atoms in total. The van der Waals surface area contributed by atoms with E-state index in [1.807, 2.05) is 13.8 Å². The fraction of sp³-hybridized carbons (Fsp3) is 0.333. The first-order valence-electron chi connectivity index (χ1n) is 10.2. The summed E-state index contributed by atoms with van der Waals surface area (Å²) in [5, 5.41) is 11.6. The molecule has 0 saturated carbocycles. The molecule has 1 N–H and O–H groups in total. The summed E-state index contributed by atoms with van der Waals surface area (Å²) >= 11 is 6.02. The Kier molecular flexibility index (Phi) is 7.36. The van der Waals surface area contributed by atoms with Crippen LogP contribution >= 0.6 is 11.6 Å². The predicted molar refractivity (Wildman–Crippen MR) is 119 cm³/mol. The SMILES string of the molecule is CCCOc1ccc(/C(O)=C2/C(=O)C(=O)N(CCOC)C2c2ccc(Cl)cc2)cc1C. The van der Waals surface area contributed by atoms with E-state index in [0.29, 0.717) is 28.5 Å². The molecular formula is C24H26ClNO5. The van der Waals surface area contributed by atoms with E-state index in [2.05, 4.69) is 0 Å². The van der Waals surface area contributed by atoms with Crippen molar-refractivity contribution >= 4 is 29.1 Å². The predicted octanol–water partition coefficient (Wildman–Crippen LogP) is 4.51. The van der Waals surface area contributed by atoms with Crippen molar-refractivity contribution in [3.05, 3.63) is 69.8 Å². The van der Waals surface area contributed by atoms with Crippen LogP contribution in [0.1, 0.15) is 36.1 Å². The van der Waals surface area contributed by atoms with E-state index in [4.69, 9.17) is 21.1 Å². The number of hydrogen-bond donors (Lipinski definition) is 1. The second kappa shape index (κ2) is 9.98. The van der Waals surface area contributed by atoms with Crippen LogP contribution in [0.15, 0.2) is 48.0 Å². The minimum absolute atomic E-state index is 0.0463. The van der Waals surface area contributed by atoms with Gasteiger partial charge in [-0.2, -0.15) is 0 Å². The number of benzene rings is 2. The number of rotatable bonds is 8. The zero-order chi connectivity index (χ0) is 22.5. The largest absolute Gasteiger partial charge is 0.507 e. The number of ether oxygens (including phenoxy) is 2. The van der Waals surface area contributed by atoms with Crippen molar-refractivity contribution < 1.29 is 24.2 Å². The van der Waals surface area contributed by atoms with Gasteiger partial charge < -0.3 is 19.5 Å². The molecule has 2 aromatic carbocycles. The van der Waals surface area contributed by atoms with Crippen LogP contribution in [0.5, 0.6) is 5.75 Å². The number of halogens is 1. The maximum Gasteiger partial charge on any atom is 0.295 e. The number of hydrogen-bond acceptors (Lipinski definition) is 5. The maximum atomic E-state index is 12.9. The van der Waals surface area contributed by atoms with E-state index in [1.165, 1.54) is 12.0 Å². The summed E-state index contributed by atoms with van der Waals surface area (Å²) in [5.74, 6) is -0.896. The van der Waals surface area contributed by atoms with E-state index in [-0.39, 0.29) is 24.5 Å². The lowest BCUT2D eigenvalue weighted by molar-refractivity contribution is -0.140. The summed E-state index contributed by atoms with van der Waals surface area (Å²) in [6.07, 6.45) is 0.882. The lowest BCUT2D eigenvalue weighted by Gasteiger charge is -2.25. The van der Waals surface area contributed by atoms with Crippen molar-refractivity contribution in [1.29, 1.82) is 0 Å².